The van der Waals surface area contributed by atoms with Gasteiger partial charge in [0.2, 0.25) is 0 Å². The van der Waals surface area contributed by atoms with E-state index in [0.29, 0.717) is 0 Å². The number of rotatable bonds is 1. The highest BCUT2D eigenvalue weighted by Crippen LogP contribution is 2.35. The average molecular weight is 298 g/mol. The van der Waals surface area contributed by atoms with Crippen LogP contribution in [-0.2, 0) is 0 Å². The van der Waals surface area contributed by atoms with Gasteiger partial charge in [-0.3, -0.25) is 0 Å². The smallest absolute Gasteiger partial charge is 0.00990 e. The summed E-state index contributed by atoms with van der Waals surface area (Å²) >= 11 is 0. The van der Waals surface area contributed by atoms with Gasteiger partial charge in [0.1, 0.15) is 0 Å². The first-order valence-corrected chi connectivity index (χ1v) is 7.73. The average Bonchev–Trinajstić information content (AvgIpc) is 2.57. The van der Waals surface area contributed by atoms with E-state index in [9.17, 15) is 0 Å². The summed E-state index contributed by atoms with van der Waals surface area (Å²) in [5, 5.41) is 5.34. The third-order valence-corrected chi connectivity index (χ3v) is 4.57. The highest BCUT2D eigenvalue weighted by molar-refractivity contribution is 6.06. The molecule has 0 atom stereocenters. The SMILES string of the molecule is C.Cc1ccc(-c2ccc(C)c3ccccc23)c2ccccc12. The molecule has 0 saturated carbocycles. The Balaban J connectivity index is 0.00000156. The highest BCUT2D eigenvalue weighted by Gasteiger charge is 2.09. The van der Waals surface area contributed by atoms with Crippen molar-refractivity contribution in [3.63, 3.8) is 0 Å². The zero-order valence-electron chi connectivity index (χ0n) is 12.9. The maximum Gasteiger partial charge on any atom is -0.00990 e. The Bertz CT molecular complexity index is 910. The molecule has 0 unspecified atom stereocenters. The summed E-state index contributed by atoms with van der Waals surface area (Å²) in [6.45, 7) is 4.36. The van der Waals surface area contributed by atoms with Crippen LogP contribution in [0.1, 0.15) is 18.6 Å². The molecule has 0 fully saturated rings. The lowest BCUT2D eigenvalue weighted by atomic mass is 9.91. The minimum Gasteiger partial charge on any atom is -0.0776 e. The van der Waals surface area contributed by atoms with Crippen molar-refractivity contribution in [2.45, 2.75) is 21.3 Å². The quantitative estimate of drug-likeness (QED) is 0.358. The van der Waals surface area contributed by atoms with Gasteiger partial charge in [0.05, 0.1) is 0 Å². The van der Waals surface area contributed by atoms with Crippen molar-refractivity contribution in [2.75, 3.05) is 0 Å². The van der Waals surface area contributed by atoms with Gasteiger partial charge in [-0.2, -0.15) is 0 Å². The van der Waals surface area contributed by atoms with Crippen LogP contribution in [0.4, 0.5) is 0 Å². The van der Waals surface area contributed by atoms with Crippen LogP contribution < -0.4 is 0 Å². The molecule has 0 aliphatic carbocycles. The van der Waals surface area contributed by atoms with Gasteiger partial charge < -0.3 is 0 Å². The summed E-state index contributed by atoms with van der Waals surface area (Å²) < 4.78 is 0. The van der Waals surface area contributed by atoms with Crippen molar-refractivity contribution >= 4 is 21.5 Å². The Hall–Kier alpha value is -2.60. The van der Waals surface area contributed by atoms with Crippen LogP contribution in [-0.4, -0.2) is 0 Å². The van der Waals surface area contributed by atoms with E-state index in [0.717, 1.165) is 0 Å². The van der Waals surface area contributed by atoms with Gasteiger partial charge in [-0.25, -0.2) is 0 Å². The molecule has 0 heteroatoms. The van der Waals surface area contributed by atoms with Crippen molar-refractivity contribution in [1.82, 2.24) is 0 Å². The van der Waals surface area contributed by atoms with E-state index in [4.69, 9.17) is 0 Å². The van der Waals surface area contributed by atoms with Crippen LogP contribution in [0.25, 0.3) is 32.7 Å². The maximum atomic E-state index is 2.26. The fourth-order valence-corrected chi connectivity index (χ4v) is 3.37. The molecule has 4 aromatic rings. The molecule has 0 saturated heterocycles. The Morgan fingerprint density at radius 1 is 0.435 bits per heavy atom. The molecule has 0 amide bonds. The predicted molar refractivity (Wildman–Crippen MR) is 103 cm³/mol. The van der Waals surface area contributed by atoms with Gasteiger partial charge >= 0.3 is 0 Å². The van der Waals surface area contributed by atoms with E-state index in [-0.39, 0.29) is 7.43 Å². The number of aryl methyl sites for hydroxylation is 2. The van der Waals surface area contributed by atoms with Gasteiger partial charge in [0, 0.05) is 0 Å². The van der Waals surface area contributed by atoms with Crippen molar-refractivity contribution in [3.8, 4) is 11.1 Å². The Morgan fingerprint density at radius 3 is 1.17 bits per heavy atom. The van der Waals surface area contributed by atoms with Gasteiger partial charge in [-0.1, -0.05) is 80.2 Å². The molecule has 0 N–H and O–H groups in total. The fraction of sp³-hybridized carbons (Fsp3) is 0.130. The second-order valence-corrected chi connectivity index (χ2v) is 5.95. The van der Waals surface area contributed by atoms with Crippen molar-refractivity contribution in [2.24, 2.45) is 0 Å². The first kappa shape index (κ1) is 15.3. The molecule has 0 aliphatic heterocycles. The van der Waals surface area contributed by atoms with Crippen LogP contribution in [0.2, 0.25) is 0 Å². The molecular formula is C23H22. The summed E-state index contributed by atoms with van der Waals surface area (Å²) in [7, 11) is 0. The molecule has 114 valence electrons. The third-order valence-electron chi connectivity index (χ3n) is 4.57. The van der Waals surface area contributed by atoms with E-state index in [1.54, 1.807) is 0 Å². The molecule has 0 spiro atoms. The zero-order chi connectivity index (χ0) is 15.1. The number of hydrogen-bond acceptors (Lipinski definition) is 0. The van der Waals surface area contributed by atoms with E-state index in [2.05, 4.69) is 86.6 Å². The normalized spacial score (nSPS) is 10.7. The molecule has 0 radical (unpaired) electrons. The van der Waals surface area contributed by atoms with Crippen LogP contribution >= 0.6 is 0 Å². The van der Waals surface area contributed by atoms with Crippen molar-refractivity contribution in [3.05, 3.63) is 83.9 Å². The molecule has 4 rings (SSSR count). The lowest BCUT2D eigenvalue weighted by Crippen LogP contribution is -1.87. The minimum atomic E-state index is 0. The van der Waals surface area contributed by atoms with Crippen LogP contribution in [0, 0.1) is 13.8 Å². The molecule has 0 aliphatic rings. The van der Waals surface area contributed by atoms with Crippen LogP contribution in [0.5, 0.6) is 0 Å². The van der Waals surface area contributed by atoms with E-state index in [1.807, 2.05) is 0 Å². The van der Waals surface area contributed by atoms with Gasteiger partial charge in [-0.15, -0.1) is 0 Å². The monoisotopic (exact) mass is 298 g/mol. The molecule has 0 aromatic heterocycles. The topological polar surface area (TPSA) is 0 Å². The fourth-order valence-electron chi connectivity index (χ4n) is 3.37. The molecule has 23 heavy (non-hydrogen) atoms. The molecule has 4 aromatic carbocycles. The summed E-state index contributed by atoms with van der Waals surface area (Å²) in [6.07, 6.45) is 0. The van der Waals surface area contributed by atoms with Crippen LogP contribution in [0.15, 0.2) is 72.8 Å². The second-order valence-electron chi connectivity index (χ2n) is 5.95. The number of hydrogen-bond donors (Lipinski definition) is 0. The highest BCUT2D eigenvalue weighted by atomic mass is 14.1. The Morgan fingerprint density at radius 2 is 0.783 bits per heavy atom. The van der Waals surface area contributed by atoms with E-state index < -0.39 is 0 Å². The lowest BCUT2D eigenvalue weighted by molar-refractivity contribution is 1.51. The molecule has 0 heterocycles. The number of fused-ring (bicyclic) bond motifs is 2. The zero-order valence-corrected chi connectivity index (χ0v) is 12.9. The van der Waals surface area contributed by atoms with E-state index in [1.165, 1.54) is 43.8 Å². The Kier molecular flexibility index (Phi) is 3.92. The summed E-state index contributed by atoms with van der Waals surface area (Å²) in [5.74, 6) is 0. The second kappa shape index (κ2) is 5.89. The standard InChI is InChI=1S/C22H18.CH4/c1-15-11-13-21(19-9-5-3-7-17(15)19)22-14-12-16(2)18-8-4-6-10-20(18)22;/h3-14H,1-2H3;1H4. The lowest BCUT2D eigenvalue weighted by Gasteiger charge is -2.13. The minimum absolute atomic E-state index is 0. The first-order valence-electron chi connectivity index (χ1n) is 7.73. The summed E-state index contributed by atoms with van der Waals surface area (Å²) in [5.41, 5.74) is 5.29. The van der Waals surface area contributed by atoms with Crippen molar-refractivity contribution < 1.29 is 0 Å². The van der Waals surface area contributed by atoms with Gasteiger partial charge in [0.15, 0.2) is 0 Å². The third kappa shape index (κ3) is 2.41. The van der Waals surface area contributed by atoms with Crippen LogP contribution in [0.3, 0.4) is 0 Å². The molecule has 0 bridgehead atoms. The van der Waals surface area contributed by atoms with E-state index >= 15 is 0 Å². The first-order chi connectivity index (χ1) is 10.8. The number of benzene rings is 4. The molecular weight excluding hydrogens is 276 g/mol. The molecule has 0 nitrogen and oxygen atoms in total. The predicted octanol–water partition coefficient (Wildman–Crippen LogP) is 6.91. The van der Waals surface area contributed by atoms with Gasteiger partial charge in [0.25, 0.3) is 0 Å². The summed E-state index contributed by atoms with van der Waals surface area (Å²) in [6, 6.07) is 26.3. The largest absolute Gasteiger partial charge is 0.0776 e. The van der Waals surface area contributed by atoms with Crippen molar-refractivity contribution in [1.29, 1.82) is 0 Å². The summed E-state index contributed by atoms with van der Waals surface area (Å²) in [4.78, 5) is 0. The van der Waals surface area contributed by atoms with Gasteiger partial charge in [-0.05, 0) is 57.6 Å². The Labute approximate surface area is 138 Å². The maximum absolute atomic E-state index is 2.26.